The maximum absolute atomic E-state index is 13.4. The van der Waals surface area contributed by atoms with Crippen molar-refractivity contribution in [3.05, 3.63) is 35.1 Å². The first-order chi connectivity index (χ1) is 9.36. The van der Waals surface area contributed by atoms with E-state index >= 15 is 0 Å². The summed E-state index contributed by atoms with van der Waals surface area (Å²) in [4.78, 5) is 10.8. The lowest BCUT2D eigenvalue weighted by Crippen LogP contribution is -2.25. The minimum Gasteiger partial charge on any atom is -0.481 e. The molecule has 6 heteroatoms. The molecule has 3 N–H and O–H groups in total. The molecular weight excluding hydrogens is 271 g/mol. The Kier molecular flexibility index (Phi) is 6.01. The summed E-state index contributed by atoms with van der Waals surface area (Å²) in [6, 6.07) is 2.09. The van der Waals surface area contributed by atoms with Crippen molar-refractivity contribution >= 4 is 5.97 Å². The smallest absolute Gasteiger partial charge is 0.307 e. The molecule has 1 rings (SSSR count). The number of hydrogen-bond acceptors (Lipinski definition) is 2. The summed E-state index contributed by atoms with van der Waals surface area (Å²) in [5.74, 6) is -5.47. The first kappa shape index (κ1) is 16.5. The Labute approximate surface area is 115 Å². The van der Waals surface area contributed by atoms with Gasteiger partial charge in [0.15, 0.2) is 17.5 Å². The van der Waals surface area contributed by atoms with E-state index in [4.69, 9.17) is 10.8 Å². The van der Waals surface area contributed by atoms with Gasteiger partial charge in [-0.25, -0.2) is 13.2 Å². The minimum absolute atomic E-state index is 0.00726. The average molecular weight is 289 g/mol. The number of hydrogen-bond donors (Lipinski definition) is 2. The first-order valence-electron chi connectivity index (χ1n) is 6.42. The molecule has 112 valence electrons. The van der Waals surface area contributed by atoms with Gasteiger partial charge in [0.05, 0.1) is 5.92 Å². The van der Waals surface area contributed by atoms with E-state index in [0.29, 0.717) is 12.8 Å². The van der Waals surface area contributed by atoms with E-state index in [2.05, 4.69) is 0 Å². The van der Waals surface area contributed by atoms with Crippen LogP contribution in [0.1, 0.15) is 25.3 Å². The number of benzene rings is 1. The van der Waals surface area contributed by atoms with Gasteiger partial charge in [-0.1, -0.05) is 13.0 Å². The predicted octanol–water partition coefficient (Wildman–Crippen LogP) is 2.72. The van der Waals surface area contributed by atoms with Crippen LogP contribution in [0.4, 0.5) is 13.2 Å². The highest BCUT2D eigenvalue weighted by Crippen LogP contribution is 2.21. The number of aliphatic carboxylic acids is 1. The van der Waals surface area contributed by atoms with Crippen molar-refractivity contribution in [2.75, 3.05) is 6.54 Å². The monoisotopic (exact) mass is 289 g/mol. The average Bonchev–Trinajstić information content (AvgIpc) is 2.41. The number of carbonyl (C=O) groups is 1. The molecule has 0 saturated carbocycles. The fourth-order valence-corrected chi connectivity index (χ4v) is 2.06. The van der Waals surface area contributed by atoms with E-state index in [1.54, 1.807) is 0 Å². The number of carboxylic acid groups (broad SMARTS) is 1. The summed E-state index contributed by atoms with van der Waals surface area (Å²) in [6.45, 7) is 1.86. The molecule has 0 aliphatic carbocycles. The van der Waals surface area contributed by atoms with E-state index in [0.717, 1.165) is 6.07 Å². The molecule has 3 nitrogen and oxygen atoms in total. The molecule has 1 aromatic rings. The molecule has 0 saturated heterocycles. The third kappa shape index (κ3) is 4.23. The van der Waals surface area contributed by atoms with Gasteiger partial charge in [0.2, 0.25) is 0 Å². The van der Waals surface area contributed by atoms with Gasteiger partial charge in [0, 0.05) is 6.54 Å². The summed E-state index contributed by atoms with van der Waals surface area (Å²) in [5, 5.41) is 8.89. The molecule has 0 aliphatic heterocycles. The van der Waals surface area contributed by atoms with Gasteiger partial charge in [-0.3, -0.25) is 4.79 Å². The van der Waals surface area contributed by atoms with Crippen molar-refractivity contribution in [3.63, 3.8) is 0 Å². The minimum atomic E-state index is -1.47. The molecule has 1 aromatic carbocycles. The largest absolute Gasteiger partial charge is 0.481 e. The number of rotatable bonds is 7. The highest BCUT2D eigenvalue weighted by atomic mass is 19.2. The topological polar surface area (TPSA) is 63.3 Å². The SMILES string of the molecule is CC(CCc1ccc(F)c(F)c1F)CC(CN)C(=O)O. The van der Waals surface area contributed by atoms with Crippen LogP contribution < -0.4 is 5.73 Å². The Hall–Kier alpha value is -1.56. The van der Waals surface area contributed by atoms with Crippen LogP contribution in [0.5, 0.6) is 0 Å². The fourth-order valence-electron chi connectivity index (χ4n) is 2.06. The maximum Gasteiger partial charge on any atom is 0.307 e. The molecule has 2 unspecified atom stereocenters. The van der Waals surface area contributed by atoms with E-state index in [1.165, 1.54) is 6.07 Å². The second-order valence-corrected chi connectivity index (χ2v) is 4.98. The Bertz CT molecular complexity index is 480. The second kappa shape index (κ2) is 7.28. The van der Waals surface area contributed by atoms with E-state index in [9.17, 15) is 18.0 Å². The zero-order chi connectivity index (χ0) is 15.3. The highest BCUT2D eigenvalue weighted by Gasteiger charge is 2.19. The van der Waals surface area contributed by atoms with Gasteiger partial charge in [-0.15, -0.1) is 0 Å². The van der Waals surface area contributed by atoms with Crippen molar-refractivity contribution in [1.29, 1.82) is 0 Å². The first-order valence-corrected chi connectivity index (χ1v) is 6.42. The van der Waals surface area contributed by atoms with Crippen molar-refractivity contribution < 1.29 is 23.1 Å². The van der Waals surface area contributed by atoms with Gasteiger partial charge < -0.3 is 10.8 Å². The molecule has 0 radical (unpaired) electrons. The van der Waals surface area contributed by atoms with Crippen LogP contribution in [-0.4, -0.2) is 17.6 Å². The summed E-state index contributed by atoms with van der Waals surface area (Å²) in [7, 11) is 0. The van der Waals surface area contributed by atoms with Gasteiger partial charge in [-0.05, 0) is 36.8 Å². The van der Waals surface area contributed by atoms with Gasteiger partial charge in [0.25, 0.3) is 0 Å². The standard InChI is InChI=1S/C14H18F3NO2/c1-8(6-10(7-18)14(19)20)2-3-9-4-5-11(15)13(17)12(9)16/h4-5,8,10H,2-3,6-7,18H2,1H3,(H,19,20). The van der Waals surface area contributed by atoms with Crippen LogP contribution in [-0.2, 0) is 11.2 Å². The van der Waals surface area contributed by atoms with Crippen molar-refractivity contribution in [2.24, 2.45) is 17.6 Å². The highest BCUT2D eigenvalue weighted by molar-refractivity contribution is 5.70. The lowest BCUT2D eigenvalue weighted by molar-refractivity contribution is -0.141. The summed E-state index contributed by atoms with van der Waals surface area (Å²) < 4.78 is 39.3. The predicted molar refractivity (Wildman–Crippen MR) is 68.6 cm³/mol. The Morgan fingerprint density at radius 3 is 2.50 bits per heavy atom. The summed E-state index contributed by atoms with van der Waals surface area (Å²) >= 11 is 0. The fraction of sp³-hybridized carbons (Fsp3) is 0.500. The number of nitrogens with two attached hydrogens (primary N) is 1. The molecule has 0 heterocycles. The molecule has 0 fully saturated rings. The van der Waals surface area contributed by atoms with Crippen molar-refractivity contribution in [3.8, 4) is 0 Å². The lowest BCUT2D eigenvalue weighted by atomic mass is 9.91. The Morgan fingerprint density at radius 2 is 1.95 bits per heavy atom. The summed E-state index contributed by atoms with van der Waals surface area (Å²) in [5.41, 5.74) is 5.45. The van der Waals surface area contributed by atoms with E-state index in [-0.39, 0.29) is 24.4 Å². The van der Waals surface area contributed by atoms with Crippen LogP contribution >= 0.6 is 0 Å². The number of aryl methyl sites for hydroxylation is 1. The van der Waals surface area contributed by atoms with Gasteiger partial charge >= 0.3 is 5.97 Å². The van der Waals surface area contributed by atoms with Gasteiger partial charge in [0.1, 0.15) is 0 Å². The third-order valence-corrected chi connectivity index (χ3v) is 3.34. The number of carboxylic acids is 1. The molecule has 0 aliphatic rings. The third-order valence-electron chi connectivity index (χ3n) is 3.34. The molecule has 20 heavy (non-hydrogen) atoms. The quantitative estimate of drug-likeness (QED) is 0.759. The van der Waals surface area contributed by atoms with E-state index < -0.39 is 29.3 Å². The van der Waals surface area contributed by atoms with E-state index in [1.807, 2.05) is 6.92 Å². The molecular formula is C14H18F3NO2. The van der Waals surface area contributed by atoms with Crippen molar-refractivity contribution in [1.82, 2.24) is 0 Å². The molecule has 0 spiro atoms. The van der Waals surface area contributed by atoms with Crippen LogP contribution in [0.2, 0.25) is 0 Å². The molecule has 0 bridgehead atoms. The molecule has 2 atom stereocenters. The zero-order valence-corrected chi connectivity index (χ0v) is 11.2. The van der Waals surface area contributed by atoms with Crippen LogP contribution in [0.3, 0.4) is 0 Å². The molecule has 0 amide bonds. The second-order valence-electron chi connectivity index (χ2n) is 4.98. The Morgan fingerprint density at radius 1 is 1.30 bits per heavy atom. The van der Waals surface area contributed by atoms with Crippen LogP contribution in [0, 0.1) is 29.3 Å². The zero-order valence-electron chi connectivity index (χ0n) is 11.2. The van der Waals surface area contributed by atoms with Crippen LogP contribution in [0.25, 0.3) is 0 Å². The summed E-state index contributed by atoms with van der Waals surface area (Å²) in [6.07, 6.45) is 1.07. The normalized spacial score (nSPS) is 14.1. The Balaban J connectivity index is 2.59. The lowest BCUT2D eigenvalue weighted by Gasteiger charge is -2.16. The van der Waals surface area contributed by atoms with Crippen molar-refractivity contribution in [2.45, 2.75) is 26.2 Å². The van der Waals surface area contributed by atoms with Crippen LogP contribution in [0.15, 0.2) is 12.1 Å². The van der Waals surface area contributed by atoms with Gasteiger partial charge in [-0.2, -0.15) is 0 Å². The molecule has 0 aromatic heterocycles. The maximum atomic E-state index is 13.4. The number of halogens is 3.